The number of amides is 1. The minimum absolute atomic E-state index is 0.0783. The molecule has 0 bridgehead atoms. The van der Waals surface area contributed by atoms with Crippen molar-refractivity contribution in [2.24, 2.45) is 0 Å². The molecule has 26 heavy (non-hydrogen) atoms. The standard InChI is InChI=1S/C19H20ClN3O3/c1-13-4-2-3-11-22(13)15-7-5-14(6-8-15)21-19(24)17-12-16(23(25)26)9-10-18(17)20/h5-10,12-13H,2-4,11H2,1H3,(H,21,24)/t13-/m0/s1. The number of rotatable bonds is 4. The van der Waals surface area contributed by atoms with E-state index in [-0.39, 0.29) is 16.3 Å². The number of nitro groups is 1. The number of carbonyl (C=O) groups is 1. The van der Waals surface area contributed by atoms with Crippen LogP contribution in [0.2, 0.25) is 5.02 Å². The third kappa shape index (κ3) is 3.96. The van der Waals surface area contributed by atoms with Gasteiger partial charge in [0.05, 0.1) is 15.5 Å². The number of non-ortho nitro benzene ring substituents is 1. The summed E-state index contributed by atoms with van der Waals surface area (Å²) >= 11 is 6.01. The zero-order chi connectivity index (χ0) is 18.7. The van der Waals surface area contributed by atoms with E-state index in [0.29, 0.717) is 11.7 Å². The van der Waals surface area contributed by atoms with Crippen LogP contribution in [0.5, 0.6) is 0 Å². The molecule has 1 atom stereocenters. The number of anilines is 2. The molecule has 0 spiro atoms. The highest BCUT2D eigenvalue weighted by Gasteiger charge is 2.19. The lowest BCUT2D eigenvalue weighted by molar-refractivity contribution is -0.384. The molecule has 1 amide bonds. The van der Waals surface area contributed by atoms with Crippen LogP contribution in [0, 0.1) is 10.1 Å². The maximum Gasteiger partial charge on any atom is 0.270 e. The summed E-state index contributed by atoms with van der Waals surface area (Å²) in [6.45, 7) is 3.26. The number of benzene rings is 2. The second-order valence-electron chi connectivity index (χ2n) is 6.46. The van der Waals surface area contributed by atoms with Crippen molar-refractivity contribution in [3.8, 4) is 0 Å². The fourth-order valence-electron chi connectivity index (χ4n) is 3.22. The maximum atomic E-state index is 12.4. The van der Waals surface area contributed by atoms with Gasteiger partial charge in [-0.15, -0.1) is 0 Å². The molecular formula is C19H20ClN3O3. The molecule has 0 aliphatic carbocycles. The highest BCUT2D eigenvalue weighted by Crippen LogP contribution is 2.27. The Balaban J connectivity index is 1.74. The fourth-order valence-corrected chi connectivity index (χ4v) is 3.42. The molecule has 0 radical (unpaired) electrons. The Morgan fingerprint density at radius 3 is 2.62 bits per heavy atom. The van der Waals surface area contributed by atoms with Crippen molar-refractivity contribution >= 4 is 34.6 Å². The molecule has 6 nitrogen and oxygen atoms in total. The summed E-state index contributed by atoms with van der Waals surface area (Å²) in [5.74, 6) is -0.474. The molecule has 1 heterocycles. The lowest BCUT2D eigenvalue weighted by Crippen LogP contribution is -2.37. The van der Waals surface area contributed by atoms with Crippen molar-refractivity contribution in [3.05, 3.63) is 63.2 Å². The van der Waals surface area contributed by atoms with Crippen LogP contribution in [0.4, 0.5) is 17.1 Å². The van der Waals surface area contributed by atoms with Crippen LogP contribution < -0.4 is 10.2 Å². The van der Waals surface area contributed by atoms with Crippen molar-refractivity contribution in [1.29, 1.82) is 0 Å². The van der Waals surface area contributed by atoms with Crippen molar-refractivity contribution in [2.45, 2.75) is 32.2 Å². The summed E-state index contributed by atoms with van der Waals surface area (Å²) < 4.78 is 0. The smallest absolute Gasteiger partial charge is 0.270 e. The zero-order valence-corrected chi connectivity index (χ0v) is 15.2. The van der Waals surface area contributed by atoms with E-state index in [1.165, 1.54) is 37.5 Å². The second kappa shape index (κ2) is 7.74. The molecule has 1 N–H and O–H groups in total. The number of nitro benzene ring substituents is 1. The first-order valence-electron chi connectivity index (χ1n) is 8.57. The SMILES string of the molecule is C[C@H]1CCCCN1c1ccc(NC(=O)c2cc([N+](=O)[O-])ccc2Cl)cc1. The normalized spacial score (nSPS) is 17.0. The number of piperidine rings is 1. The molecule has 0 saturated carbocycles. The van der Waals surface area contributed by atoms with Crippen LogP contribution in [0.15, 0.2) is 42.5 Å². The molecule has 2 aromatic rings. The number of hydrogen-bond acceptors (Lipinski definition) is 4. The first-order chi connectivity index (χ1) is 12.5. The Kier molecular flexibility index (Phi) is 5.42. The summed E-state index contributed by atoms with van der Waals surface area (Å²) in [6.07, 6.45) is 3.63. The Labute approximate surface area is 156 Å². The second-order valence-corrected chi connectivity index (χ2v) is 6.87. The van der Waals surface area contributed by atoms with E-state index in [0.717, 1.165) is 12.2 Å². The van der Waals surface area contributed by atoms with Crippen LogP contribution in [-0.2, 0) is 0 Å². The average molecular weight is 374 g/mol. The first kappa shape index (κ1) is 18.2. The van der Waals surface area contributed by atoms with Crippen LogP contribution in [0.1, 0.15) is 36.5 Å². The fraction of sp³-hybridized carbons (Fsp3) is 0.316. The van der Waals surface area contributed by atoms with Gasteiger partial charge in [-0.25, -0.2) is 0 Å². The monoisotopic (exact) mass is 373 g/mol. The maximum absolute atomic E-state index is 12.4. The third-order valence-corrected chi connectivity index (χ3v) is 4.99. The largest absolute Gasteiger partial charge is 0.369 e. The number of halogens is 1. The molecule has 0 unspecified atom stereocenters. The van der Waals surface area contributed by atoms with Crippen LogP contribution in [0.25, 0.3) is 0 Å². The molecule has 0 aromatic heterocycles. The Morgan fingerprint density at radius 2 is 1.96 bits per heavy atom. The molecule has 136 valence electrons. The van der Waals surface area contributed by atoms with E-state index in [1.807, 2.05) is 24.3 Å². The van der Waals surface area contributed by atoms with Gasteiger partial charge in [0.15, 0.2) is 0 Å². The Morgan fingerprint density at radius 1 is 1.23 bits per heavy atom. The van der Waals surface area contributed by atoms with E-state index in [9.17, 15) is 14.9 Å². The summed E-state index contributed by atoms with van der Waals surface area (Å²) in [5, 5.41) is 13.8. The van der Waals surface area contributed by atoms with Crippen LogP contribution >= 0.6 is 11.6 Å². The van der Waals surface area contributed by atoms with Gasteiger partial charge in [0, 0.05) is 36.1 Å². The van der Waals surface area contributed by atoms with Crippen LogP contribution in [-0.4, -0.2) is 23.4 Å². The third-order valence-electron chi connectivity index (χ3n) is 4.67. The van der Waals surface area contributed by atoms with Gasteiger partial charge in [0.25, 0.3) is 11.6 Å². The van der Waals surface area contributed by atoms with Gasteiger partial charge >= 0.3 is 0 Å². The van der Waals surface area contributed by atoms with E-state index in [4.69, 9.17) is 11.6 Å². The van der Waals surface area contributed by atoms with E-state index in [2.05, 4.69) is 17.1 Å². The number of nitrogens with one attached hydrogen (secondary N) is 1. The highest BCUT2D eigenvalue weighted by atomic mass is 35.5. The Hall–Kier alpha value is -2.60. The summed E-state index contributed by atoms with van der Waals surface area (Å²) in [7, 11) is 0. The van der Waals surface area contributed by atoms with Gasteiger partial charge in [0.1, 0.15) is 0 Å². The molecule has 7 heteroatoms. The predicted molar refractivity (Wildman–Crippen MR) is 103 cm³/mol. The van der Waals surface area contributed by atoms with Gasteiger partial charge in [-0.1, -0.05) is 11.6 Å². The van der Waals surface area contributed by atoms with Crippen LogP contribution in [0.3, 0.4) is 0 Å². The predicted octanol–water partition coefficient (Wildman–Crippen LogP) is 4.88. The van der Waals surface area contributed by atoms with E-state index in [1.54, 1.807) is 0 Å². The lowest BCUT2D eigenvalue weighted by Gasteiger charge is -2.35. The first-order valence-corrected chi connectivity index (χ1v) is 8.95. The molecule has 1 aliphatic heterocycles. The zero-order valence-electron chi connectivity index (χ0n) is 14.4. The molecular weight excluding hydrogens is 354 g/mol. The minimum Gasteiger partial charge on any atom is -0.369 e. The summed E-state index contributed by atoms with van der Waals surface area (Å²) in [6, 6.07) is 11.9. The number of hydrogen-bond donors (Lipinski definition) is 1. The number of nitrogens with zero attached hydrogens (tertiary/aromatic N) is 2. The lowest BCUT2D eigenvalue weighted by atomic mass is 10.0. The van der Waals surface area contributed by atoms with Gasteiger partial charge in [-0.3, -0.25) is 14.9 Å². The highest BCUT2D eigenvalue weighted by molar-refractivity contribution is 6.34. The van der Waals surface area contributed by atoms with E-state index < -0.39 is 10.8 Å². The average Bonchev–Trinajstić information content (AvgIpc) is 2.63. The van der Waals surface area contributed by atoms with Gasteiger partial charge in [-0.2, -0.15) is 0 Å². The van der Waals surface area contributed by atoms with Crippen molar-refractivity contribution in [3.63, 3.8) is 0 Å². The molecule has 1 saturated heterocycles. The summed E-state index contributed by atoms with van der Waals surface area (Å²) in [5.41, 5.74) is 1.65. The Bertz CT molecular complexity index is 823. The van der Waals surface area contributed by atoms with Gasteiger partial charge in [-0.05, 0) is 56.5 Å². The summed E-state index contributed by atoms with van der Waals surface area (Å²) in [4.78, 5) is 25.1. The van der Waals surface area contributed by atoms with Gasteiger partial charge in [0.2, 0.25) is 0 Å². The topological polar surface area (TPSA) is 75.5 Å². The molecule has 3 rings (SSSR count). The quantitative estimate of drug-likeness (QED) is 0.612. The molecule has 1 aliphatic rings. The van der Waals surface area contributed by atoms with Crippen molar-refractivity contribution in [1.82, 2.24) is 0 Å². The molecule has 2 aromatic carbocycles. The number of carbonyl (C=O) groups excluding carboxylic acids is 1. The van der Waals surface area contributed by atoms with Crippen molar-refractivity contribution in [2.75, 3.05) is 16.8 Å². The van der Waals surface area contributed by atoms with Gasteiger partial charge < -0.3 is 10.2 Å². The minimum atomic E-state index is -0.554. The van der Waals surface area contributed by atoms with Crippen molar-refractivity contribution < 1.29 is 9.72 Å². The molecule has 1 fully saturated rings. The van der Waals surface area contributed by atoms with E-state index >= 15 is 0 Å².